The number of amides is 1. The molecule has 5 nitrogen and oxygen atoms in total. The molecule has 0 saturated heterocycles. The van der Waals surface area contributed by atoms with Crippen molar-refractivity contribution in [2.75, 3.05) is 0 Å². The number of rotatable bonds is 5. The smallest absolute Gasteiger partial charge is 0.305 e. The molecule has 0 aliphatic rings. The summed E-state index contributed by atoms with van der Waals surface area (Å²) in [5, 5.41) is 11.0. The second-order valence-corrected chi connectivity index (χ2v) is 2.72. The third-order valence-corrected chi connectivity index (χ3v) is 1.73. The number of aliphatic carboxylic acids is 1. The number of nitrogens with zero attached hydrogens (tertiary/aromatic N) is 1. The molecular weight excluding hydrogens is 184 g/mol. The highest BCUT2D eigenvalue weighted by Gasteiger charge is 2.13. The first-order valence-electron chi connectivity index (χ1n) is 4.05. The number of aromatic nitrogens is 1. The van der Waals surface area contributed by atoms with Crippen LogP contribution in [0.5, 0.6) is 0 Å². The van der Waals surface area contributed by atoms with Gasteiger partial charge in [-0.1, -0.05) is 6.07 Å². The molecule has 0 saturated carbocycles. The molecule has 1 aromatic heterocycles. The number of carbonyl (C=O) groups is 2. The number of hydrogen-bond donors (Lipinski definition) is 2. The summed E-state index contributed by atoms with van der Waals surface area (Å²) in [5.74, 6) is -0.965. The van der Waals surface area contributed by atoms with Crippen molar-refractivity contribution in [2.45, 2.75) is 12.5 Å². The van der Waals surface area contributed by atoms with E-state index in [1.807, 2.05) is 0 Å². The van der Waals surface area contributed by atoms with Gasteiger partial charge in [0.1, 0.15) is 0 Å². The average Bonchev–Trinajstić information content (AvgIpc) is 2.18. The van der Waals surface area contributed by atoms with Crippen LogP contribution in [0.2, 0.25) is 0 Å². The van der Waals surface area contributed by atoms with Gasteiger partial charge in [0.25, 0.3) is 0 Å². The van der Waals surface area contributed by atoms with E-state index >= 15 is 0 Å². The predicted molar refractivity (Wildman–Crippen MR) is 48.4 cm³/mol. The lowest BCUT2D eigenvalue weighted by Gasteiger charge is -2.12. The Labute approximate surface area is 80.8 Å². The first kappa shape index (κ1) is 10.2. The van der Waals surface area contributed by atoms with Crippen LogP contribution in [0.25, 0.3) is 0 Å². The lowest BCUT2D eigenvalue weighted by Crippen LogP contribution is -2.22. The summed E-state index contributed by atoms with van der Waals surface area (Å²) in [6.07, 6.45) is 3.46. The fourth-order valence-corrected chi connectivity index (χ4v) is 1.11. The average molecular weight is 194 g/mol. The molecule has 2 N–H and O–H groups in total. The Morgan fingerprint density at radius 1 is 1.71 bits per heavy atom. The van der Waals surface area contributed by atoms with Crippen LogP contribution in [-0.2, 0) is 9.59 Å². The van der Waals surface area contributed by atoms with Crippen molar-refractivity contribution in [1.29, 1.82) is 0 Å². The van der Waals surface area contributed by atoms with E-state index in [4.69, 9.17) is 5.11 Å². The summed E-state index contributed by atoms with van der Waals surface area (Å²) < 4.78 is 0. The van der Waals surface area contributed by atoms with Crippen molar-refractivity contribution < 1.29 is 14.7 Å². The second-order valence-electron chi connectivity index (χ2n) is 2.72. The molecule has 0 aliphatic heterocycles. The normalized spacial score (nSPS) is 11.7. The van der Waals surface area contributed by atoms with Crippen LogP contribution in [0.3, 0.4) is 0 Å². The fourth-order valence-electron chi connectivity index (χ4n) is 1.11. The van der Waals surface area contributed by atoms with Crippen molar-refractivity contribution in [3.8, 4) is 0 Å². The minimum Gasteiger partial charge on any atom is -0.481 e. The Kier molecular flexibility index (Phi) is 3.60. The lowest BCUT2D eigenvalue weighted by atomic mass is 10.1. The molecule has 1 atom stereocenters. The first-order chi connectivity index (χ1) is 6.74. The highest BCUT2D eigenvalue weighted by atomic mass is 16.4. The van der Waals surface area contributed by atoms with E-state index in [2.05, 4.69) is 10.3 Å². The number of carboxylic acids is 1. The van der Waals surface area contributed by atoms with E-state index in [0.29, 0.717) is 12.0 Å². The van der Waals surface area contributed by atoms with Gasteiger partial charge in [-0.25, -0.2) is 0 Å². The molecule has 0 spiro atoms. The Morgan fingerprint density at radius 2 is 2.50 bits per heavy atom. The zero-order chi connectivity index (χ0) is 10.4. The van der Waals surface area contributed by atoms with E-state index in [1.165, 1.54) is 6.20 Å². The maximum absolute atomic E-state index is 10.5. The third-order valence-electron chi connectivity index (χ3n) is 1.73. The lowest BCUT2D eigenvalue weighted by molar-refractivity contribution is -0.137. The molecule has 14 heavy (non-hydrogen) atoms. The minimum atomic E-state index is -0.965. The molecule has 1 aromatic rings. The number of hydrogen-bond acceptors (Lipinski definition) is 3. The van der Waals surface area contributed by atoms with Gasteiger partial charge in [-0.3, -0.25) is 14.6 Å². The van der Waals surface area contributed by atoms with Crippen LogP contribution in [0, 0.1) is 0 Å². The molecule has 0 fully saturated rings. The van der Waals surface area contributed by atoms with Crippen molar-refractivity contribution in [2.24, 2.45) is 0 Å². The number of carboxylic acid groups (broad SMARTS) is 1. The summed E-state index contributed by atoms with van der Waals surface area (Å²) in [4.78, 5) is 24.6. The van der Waals surface area contributed by atoms with E-state index in [-0.39, 0.29) is 6.42 Å². The predicted octanol–water partition coefficient (Wildman–Crippen LogP) is 0.343. The maximum atomic E-state index is 10.5. The largest absolute Gasteiger partial charge is 0.481 e. The summed E-state index contributed by atoms with van der Waals surface area (Å²) >= 11 is 0. The Hall–Kier alpha value is -1.91. The third kappa shape index (κ3) is 2.85. The van der Waals surface area contributed by atoms with E-state index in [0.717, 1.165) is 0 Å². The van der Waals surface area contributed by atoms with E-state index < -0.39 is 12.0 Å². The van der Waals surface area contributed by atoms with Crippen molar-refractivity contribution in [3.63, 3.8) is 0 Å². The molecule has 1 amide bonds. The van der Waals surface area contributed by atoms with Crippen molar-refractivity contribution in [1.82, 2.24) is 10.3 Å². The SMILES string of the molecule is O=CNC(CC(=O)O)c1cccnc1. The molecule has 1 unspecified atom stereocenters. The highest BCUT2D eigenvalue weighted by Crippen LogP contribution is 2.14. The molecule has 74 valence electrons. The summed E-state index contributed by atoms with van der Waals surface area (Å²) in [6, 6.07) is 2.90. The van der Waals surface area contributed by atoms with Gasteiger partial charge in [0.05, 0.1) is 12.5 Å². The first-order valence-corrected chi connectivity index (χ1v) is 4.05. The topological polar surface area (TPSA) is 79.3 Å². The van der Waals surface area contributed by atoms with Crippen molar-refractivity contribution >= 4 is 12.4 Å². The molecule has 1 rings (SSSR count). The molecule has 0 radical (unpaired) electrons. The highest BCUT2D eigenvalue weighted by molar-refractivity contribution is 5.68. The molecule has 0 aliphatic carbocycles. The van der Waals surface area contributed by atoms with Gasteiger partial charge in [0.2, 0.25) is 6.41 Å². The Bertz CT molecular complexity index is 313. The van der Waals surface area contributed by atoms with Gasteiger partial charge in [-0.2, -0.15) is 0 Å². The van der Waals surface area contributed by atoms with Gasteiger partial charge in [0, 0.05) is 12.4 Å². The van der Waals surface area contributed by atoms with Crippen LogP contribution >= 0.6 is 0 Å². The monoisotopic (exact) mass is 194 g/mol. The summed E-state index contributed by atoms with van der Waals surface area (Å²) in [7, 11) is 0. The van der Waals surface area contributed by atoms with Gasteiger partial charge < -0.3 is 10.4 Å². The number of nitrogens with one attached hydrogen (secondary N) is 1. The molecule has 5 heteroatoms. The van der Waals surface area contributed by atoms with Crippen LogP contribution < -0.4 is 5.32 Å². The van der Waals surface area contributed by atoms with Gasteiger partial charge in [-0.05, 0) is 11.6 Å². The summed E-state index contributed by atoms with van der Waals surface area (Å²) in [6.45, 7) is 0. The minimum absolute atomic E-state index is 0.148. The Morgan fingerprint density at radius 3 is 3.00 bits per heavy atom. The van der Waals surface area contributed by atoms with Crippen molar-refractivity contribution in [3.05, 3.63) is 30.1 Å². The Balaban J connectivity index is 2.77. The molecule has 0 aromatic carbocycles. The molecule has 1 heterocycles. The zero-order valence-corrected chi connectivity index (χ0v) is 7.38. The maximum Gasteiger partial charge on any atom is 0.305 e. The van der Waals surface area contributed by atoms with Crippen LogP contribution in [0.15, 0.2) is 24.5 Å². The molecular formula is C9H10N2O3. The van der Waals surface area contributed by atoms with E-state index in [9.17, 15) is 9.59 Å². The van der Waals surface area contributed by atoms with Gasteiger partial charge >= 0.3 is 5.97 Å². The van der Waals surface area contributed by atoms with Crippen LogP contribution in [-0.4, -0.2) is 22.5 Å². The second kappa shape index (κ2) is 4.96. The van der Waals surface area contributed by atoms with Gasteiger partial charge in [-0.15, -0.1) is 0 Å². The molecule has 0 bridgehead atoms. The van der Waals surface area contributed by atoms with Gasteiger partial charge in [0.15, 0.2) is 0 Å². The number of pyridine rings is 1. The zero-order valence-electron chi connectivity index (χ0n) is 7.38. The van der Waals surface area contributed by atoms with E-state index in [1.54, 1.807) is 18.3 Å². The van der Waals surface area contributed by atoms with Crippen LogP contribution in [0.1, 0.15) is 18.0 Å². The van der Waals surface area contributed by atoms with Crippen LogP contribution in [0.4, 0.5) is 0 Å². The summed E-state index contributed by atoms with van der Waals surface area (Å²) in [5.41, 5.74) is 0.682. The quantitative estimate of drug-likeness (QED) is 0.662. The standard InChI is InChI=1S/C9H10N2O3/c12-6-11-8(4-9(13)14)7-2-1-3-10-5-7/h1-3,5-6,8H,4H2,(H,11,12)(H,13,14). The fraction of sp³-hybridized carbons (Fsp3) is 0.222. The number of carbonyl (C=O) groups excluding carboxylic acids is 1.